The molecule has 0 fully saturated rings. The summed E-state index contributed by atoms with van der Waals surface area (Å²) in [6.45, 7) is 8.66. The zero-order valence-electron chi connectivity index (χ0n) is 32.5. The van der Waals surface area contributed by atoms with Gasteiger partial charge in [-0.2, -0.15) is 0 Å². The second-order valence-corrected chi connectivity index (χ2v) is 14.2. The predicted octanol–water partition coefficient (Wildman–Crippen LogP) is 13.7. The van der Waals surface area contributed by atoms with E-state index < -0.39 is 0 Å². The number of phenolic OH excluding ortho intramolecular Hbond substituents is 1. The van der Waals surface area contributed by atoms with Gasteiger partial charge in [-0.15, -0.1) is 10.2 Å². The molecule has 0 bridgehead atoms. The molecule has 3 aromatic rings. The third-order valence-electron chi connectivity index (χ3n) is 9.56. The molecule has 0 saturated carbocycles. The first-order valence-electron chi connectivity index (χ1n) is 20.9. The Morgan fingerprint density at radius 2 is 0.804 bits per heavy atom. The summed E-state index contributed by atoms with van der Waals surface area (Å²) in [5, 5.41) is 18.4. The minimum Gasteiger partial charge on any atom is -0.508 e. The van der Waals surface area contributed by atoms with Crippen LogP contribution in [0, 0.1) is 0 Å². The van der Waals surface area contributed by atoms with Crippen molar-refractivity contribution in [3.05, 3.63) is 36.4 Å². The van der Waals surface area contributed by atoms with Crippen molar-refractivity contribution in [2.24, 2.45) is 0 Å². The number of aromatic nitrogens is 2. The van der Waals surface area contributed by atoms with Crippen LogP contribution in [0.25, 0.3) is 22.9 Å². The van der Waals surface area contributed by atoms with Gasteiger partial charge in [0.25, 0.3) is 0 Å². The van der Waals surface area contributed by atoms with Crippen molar-refractivity contribution >= 4 is 0 Å². The normalized spacial score (nSPS) is 11.3. The zero-order chi connectivity index (χ0) is 36.2. The van der Waals surface area contributed by atoms with Crippen molar-refractivity contribution in [1.82, 2.24) is 10.2 Å². The Bertz CT molecular complexity index is 1230. The molecule has 7 nitrogen and oxygen atoms in total. The first kappa shape index (κ1) is 42.2. The Hall–Kier alpha value is -3.22. The molecule has 1 N–H and O–H groups in total. The van der Waals surface area contributed by atoms with Gasteiger partial charge >= 0.3 is 0 Å². The molecule has 1 heterocycles. The van der Waals surface area contributed by atoms with Crippen LogP contribution in [0.1, 0.15) is 175 Å². The van der Waals surface area contributed by atoms with E-state index >= 15 is 0 Å². The molecule has 0 aliphatic rings. The molecule has 51 heavy (non-hydrogen) atoms. The SMILES string of the molecule is CCCCCCCCCCOc1cc(-c2nnc(-c3ccc(O)cc3)o2)cc(OCCCCCCCCCC)c1OCCCCCCCCCC. The molecule has 1 aromatic heterocycles. The van der Waals surface area contributed by atoms with E-state index in [1.807, 2.05) is 12.1 Å². The number of phenols is 1. The van der Waals surface area contributed by atoms with Gasteiger partial charge in [0.15, 0.2) is 11.5 Å². The second kappa shape index (κ2) is 27.4. The number of hydrogen-bond acceptors (Lipinski definition) is 7. The van der Waals surface area contributed by atoms with E-state index in [2.05, 4.69) is 31.0 Å². The van der Waals surface area contributed by atoms with Gasteiger partial charge in [0.1, 0.15) is 5.75 Å². The molecule has 2 aromatic carbocycles. The first-order valence-corrected chi connectivity index (χ1v) is 20.9. The molecule has 3 rings (SSSR count). The van der Waals surface area contributed by atoms with Gasteiger partial charge in [0.05, 0.1) is 19.8 Å². The van der Waals surface area contributed by atoms with Crippen LogP contribution in [0.2, 0.25) is 0 Å². The highest BCUT2D eigenvalue weighted by Crippen LogP contribution is 2.42. The molecule has 286 valence electrons. The number of rotatable bonds is 32. The van der Waals surface area contributed by atoms with E-state index in [1.54, 1.807) is 24.3 Å². The van der Waals surface area contributed by atoms with Crippen LogP contribution < -0.4 is 14.2 Å². The maximum Gasteiger partial charge on any atom is 0.248 e. The van der Waals surface area contributed by atoms with Crippen LogP contribution in [-0.2, 0) is 0 Å². The first-order chi connectivity index (χ1) is 25.2. The highest BCUT2D eigenvalue weighted by atomic mass is 16.5. The van der Waals surface area contributed by atoms with Crippen molar-refractivity contribution in [2.45, 2.75) is 175 Å². The van der Waals surface area contributed by atoms with Crippen molar-refractivity contribution in [3.8, 4) is 45.9 Å². The maximum absolute atomic E-state index is 9.74. The Balaban J connectivity index is 1.73. The molecule has 0 amide bonds. The van der Waals surface area contributed by atoms with Gasteiger partial charge < -0.3 is 23.7 Å². The van der Waals surface area contributed by atoms with Gasteiger partial charge in [-0.3, -0.25) is 0 Å². The lowest BCUT2D eigenvalue weighted by Gasteiger charge is -2.18. The van der Waals surface area contributed by atoms with Crippen LogP contribution in [0.5, 0.6) is 23.0 Å². The predicted molar refractivity (Wildman–Crippen MR) is 211 cm³/mol. The van der Waals surface area contributed by atoms with Gasteiger partial charge in [-0.1, -0.05) is 156 Å². The molecule has 0 unspecified atom stereocenters. The lowest BCUT2D eigenvalue weighted by atomic mass is 10.1. The molecule has 0 saturated heterocycles. The highest BCUT2D eigenvalue weighted by Gasteiger charge is 2.20. The number of ether oxygens (including phenoxy) is 3. The van der Waals surface area contributed by atoms with Gasteiger partial charge in [0.2, 0.25) is 17.5 Å². The summed E-state index contributed by atoms with van der Waals surface area (Å²) in [6.07, 6.45) is 29.9. The average Bonchev–Trinajstić information content (AvgIpc) is 3.64. The largest absolute Gasteiger partial charge is 0.508 e. The second-order valence-electron chi connectivity index (χ2n) is 14.2. The van der Waals surface area contributed by atoms with E-state index in [4.69, 9.17) is 18.6 Å². The fourth-order valence-corrected chi connectivity index (χ4v) is 6.36. The summed E-state index contributed by atoms with van der Waals surface area (Å²) in [5.74, 6) is 3.00. The summed E-state index contributed by atoms with van der Waals surface area (Å²) in [7, 11) is 0. The van der Waals surface area contributed by atoms with E-state index in [0.717, 1.165) is 49.7 Å². The molecular formula is C44H70N2O5. The lowest BCUT2D eigenvalue weighted by Crippen LogP contribution is -2.07. The molecular weight excluding hydrogens is 636 g/mol. The number of benzene rings is 2. The van der Waals surface area contributed by atoms with Crippen molar-refractivity contribution in [1.29, 1.82) is 0 Å². The lowest BCUT2D eigenvalue weighted by molar-refractivity contribution is 0.234. The summed E-state index contributed by atoms with van der Waals surface area (Å²) in [4.78, 5) is 0. The maximum atomic E-state index is 9.74. The number of unbranched alkanes of at least 4 members (excludes halogenated alkanes) is 21. The number of nitrogens with zero attached hydrogens (tertiary/aromatic N) is 2. The molecule has 0 atom stereocenters. The van der Waals surface area contributed by atoms with Crippen LogP contribution in [-0.4, -0.2) is 35.1 Å². The van der Waals surface area contributed by atoms with Crippen molar-refractivity contribution in [3.63, 3.8) is 0 Å². The average molecular weight is 707 g/mol. The fourth-order valence-electron chi connectivity index (χ4n) is 6.36. The Kier molecular flexibility index (Phi) is 22.7. The summed E-state index contributed by atoms with van der Waals surface area (Å²) < 4.78 is 25.6. The monoisotopic (exact) mass is 707 g/mol. The van der Waals surface area contributed by atoms with E-state index in [9.17, 15) is 5.11 Å². The van der Waals surface area contributed by atoms with Crippen LogP contribution in [0.15, 0.2) is 40.8 Å². The molecule has 0 aliphatic heterocycles. The third kappa shape index (κ3) is 17.7. The Labute approximate surface area is 310 Å². The topological polar surface area (TPSA) is 86.8 Å². The van der Waals surface area contributed by atoms with Crippen molar-refractivity contribution in [2.75, 3.05) is 19.8 Å². The van der Waals surface area contributed by atoms with Crippen LogP contribution in [0.3, 0.4) is 0 Å². The van der Waals surface area contributed by atoms with Gasteiger partial charge in [0, 0.05) is 11.1 Å². The van der Waals surface area contributed by atoms with Crippen molar-refractivity contribution < 1.29 is 23.7 Å². The number of hydrogen-bond donors (Lipinski definition) is 1. The quantitative estimate of drug-likeness (QED) is 0.0647. The van der Waals surface area contributed by atoms with E-state index in [1.165, 1.54) is 116 Å². The molecule has 0 spiro atoms. The van der Waals surface area contributed by atoms with Crippen LogP contribution >= 0.6 is 0 Å². The van der Waals surface area contributed by atoms with Gasteiger partial charge in [-0.25, -0.2) is 0 Å². The Morgan fingerprint density at radius 3 is 1.22 bits per heavy atom. The Morgan fingerprint density at radius 1 is 0.451 bits per heavy atom. The van der Waals surface area contributed by atoms with E-state index in [-0.39, 0.29) is 5.75 Å². The van der Waals surface area contributed by atoms with Crippen LogP contribution in [0.4, 0.5) is 0 Å². The minimum atomic E-state index is 0.192. The summed E-state index contributed by atoms with van der Waals surface area (Å²) in [6, 6.07) is 10.7. The summed E-state index contributed by atoms with van der Waals surface area (Å²) in [5.41, 5.74) is 1.48. The highest BCUT2D eigenvalue weighted by molar-refractivity contribution is 5.67. The fraction of sp³-hybridized carbons (Fsp3) is 0.682. The molecule has 0 radical (unpaired) electrons. The standard InChI is InChI=1S/C44H70N2O5/c1-4-7-10-13-16-19-22-25-32-48-40-35-38(44-46-45-43(51-44)37-28-30-39(47)31-29-37)36-41(49-33-26-23-20-17-14-11-8-5-2)42(40)50-34-27-24-21-18-15-12-9-6-3/h28-31,35-36,47H,4-27,32-34H2,1-3H3. The van der Waals surface area contributed by atoms with Gasteiger partial charge in [-0.05, 0) is 55.7 Å². The third-order valence-corrected chi connectivity index (χ3v) is 9.56. The zero-order valence-corrected chi connectivity index (χ0v) is 32.5. The number of aromatic hydroxyl groups is 1. The van der Waals surface area contributed by atoms with E-state index in [0.29, 0.717) is 48.9 Å². The minimum absolute atomic E-state index is 0.192. The summed E-state index contributed by atoms with van der Waals surface area (Å²) >= 11 is 0. The molecule has 0 aliphatic carbocycles. The smallest absolute Gasteiger partial charge is 0.248 e. The molecule has 7 heteroatoms.